The summed E-state index contributed by atoms with van der Waals surface area (Å²) in [7, 11) is -3.55. The Kier molecular flexibility index (Phi) is 6.99. The van der Waals surface area contributed by atoms with E-state index in [1.54, 1.807) is 12.1 Å². The van der Waals surface area contributed by atoms with E-state index in [4.69, 9.17) is 21.4 Å². The van der Waals surface area contributed by atoms with Crippen LogP contribution in [0.2, 0.25) is 5.02 Å². The van der Waals surface area contributed by atoms with Gasteiger partial charge >= 0.3 is 0 Å². The van der Waals surface area contributed by atoms with Gasteiger partial charge in [0.2, 0.25) is 10.0 Å². The third-order valence-electron chi connectivity index (χ3n) is 2.35. The van der Waals surface area contributed by atoms with Gasteiger partial charge in [0.05, 0.1) is 29.2 Å². The molecule has 21 heavy (non-hydrogen) atoms. The molecule has 0 atom stereocenters. The Morgan fingerprint density at radius 1 is 1.43 bits per heavy atom. The van der Waals surface area contributed by atoms with Crippen molar-refractivity contribution in [1.82, 2.24) is 0 Å². The van der Waals surface area contributed by atoms with Gasteiger partial charge in [0.1, 0.15) is 6.61 Å². The van der Waals surface area contributed by atoms with Gasteiger partial charge in [-0.2, -0.15) is 0 Å². The number of anilines is 1. The van der Waals surface area contributed by atoms with Crippen molar-refractivity contribution in [2.24, 2.45) is 0 Å². The summed E-state index contributed by atoms with van der Waals surface area (Å²) in [6.07, 6.45) is -0.0270. The third kappa shape index (κ3) is 6.82. The van der Waals surface area contributed by atoms with Crippen LogP contribution in [0.5, 0.6) is 0 Å². The minimum atomic E-state index is -3.55. The lowest BCUT2D eigenvalue weighted by Gasteiger charge is -2.11. The van der Waals surface area contributed by atoms with Gasteiger partial charge in [0, 0.05) is 5.56 Å². The van der Waals surface area contributed by atoms with Crippen molar-refractivity contribution in [1.29, 1.82) is 0 Å². The zero-order chi connectivity index (χ0) is 15.9. The van der Waals surface area contributed by atoms with Gasteiger partial charge < -0.3 is 9.84 Å². The van der Waals surface area contributed by atoms with E-state index in [9.17, 15) is 8.42 Å². The summed E-state index contributed by atoms with van der Waals surface area (Å²) in [6, 6.07) is 4.71. The van der Waals surface area contributed by atoms with Crippen molar-refractivity contribution in [3.63, 3.8) is 0 Å². The van der Waals surface area contributed by atoms with Crippen molar-refractivity contribution in [3.8, 4) is 11.8 Å². The number of halogens is 1. The minimum Gasteiger partial charge on any atom is -0.384 e. The first-order valence-electron chi connectivity index (χ1n) is 6.35. The Balaban J connectivity index is 2.81. The fraction of sp³-hybridized carbons (Fsp3) is 0.429. The molecular formula is C14H18ClNO4S. The third-order valence-corrected chi connectivity index (χ3v) is 3.91. The lowest BCUT2D eigenvalue weighted by molar-refractivity contribution is 0.0913. The Morgan fingerprint density at radius 2 is 2.14 bits per heavy atom. The molecule has 0 radical (unpaired) electrons. The van der Waals surface area contributed by atoms with Crippen LogP contribution in [-0.2, 0) is 14.8 Å². The molecule has 1 rings (SSSR count). The van der Waals surface area contributed by atoms with Gasteiger partial charge in [-0.15, -0.1) is 0 Å². The number of nitrogens with one attached hydrogen (secondary N) is 1. The number of benzene rings is 1. The molecule has 0 aliphatic rings. The van der Waals surface area contributed by atoms with Crippen molar-refractivity contribution >= 4 is 27.3 Å². The lowest BCUT2D eigenvalue weighted by Crippen LogP contribution is -2.21. The zero-order valence-corrected chi connectivity index (χ0v) is 13.5. The van der Waals surface area contributed by atoms with Crippen molar-refractivity contribution in [3.05, 3.63) is 28.8 Å². The molecule has 0 fully saturated rings. The Morgan fingerprint density at radius 3 is 2.76 bits per heavy atom. The summed E-state index contributed by atoms with van der Waals surface area (Å²) >= 11 is 5.97. The number of aliphatic hydroxyl groups is 1. The van der Waals surface area contributed by atoms with E-state index in [1.807, 2.05) is 13.8 Å². The Hall–Kier alpha value is -1.26. The molecule has 0 saturated carbocycles. The highest BCUT2D eigenvalue weighted by Crippen LogP contribution is 2.23. The smallest absolute Gasteiger partial charge is 0.235 e. The van der Waals surface area contributed by atoms with Crippen LogP contribution >= 0.6 is 11.6 Å². The van der Waals surface area contributed by atoms with E-state index in [1.165, 1.54) is 6.07 Å². The number of ether oxygens (including phenoxy) is 1. The summed E-state index contributed by atoms with van der Waals surface area (Å²) < 4.78 is 31.5. The second-order valence-electron chi connectivity index (χ2n) is 4.49. The first-order chi connectivity index (χ1) is 9.84. The number of rotatable bonds is 6. The van der Waals surface area contributed by atoms with Gasteiger partial charge in [0.25, 0.3) is 0 Å². The van der Waals surface area contributed by atoms with Crippen LogP contribution in [-0.4, -0.2) is 38.6 Å². The number of hydrogen-bond acceptors (Lipinski definition) is 4. The molecule has 0 saturated heterocycles. The van der Waals surface area contributed by atoms with E-state index >= 15 is 0 Å². The fourth-order valence-electron chi connectivity index (χ4n) is 1.43. The largest absolute Gasteiger partial charge is 0.384 e. The van der Waals surface area contributed by atoms with E-state index in [2.05, 4.69) is 16.6 Å². The Labute approximate surface area is 130 Å². The van der Waals surface area contributed by atoms with Crippen LogP contribution in [0.4, 0.5) is 5.69 Å². The molecule has 5 nitrogen and oxygen atoms in total. The van der Waals surface area contributed by atoms with Crippen LogP contribution in [0.1, 0.15) is 19.4 Å². The minimum absolute atomic E-state index is 0.0270. The molecule has 116 valence electrons. The molecule has 0 heterocycles. The molecule has 1 aromatic carbocycles. The maximum Gasteiger partial charge on any atom is 0.235 e. The van der Waals surface area contributed by atoms with Crippen LogP contribution in [0.3, 0.4) is 0 Å². The molecule has 0 unspecified atom stereocenters. The highest BCUT2D eigenvalue weighted by atomic mass is 35.5. The second kappa shape index (κ2) is 8.25. The van der Waals surface area contributed by atoms with Crippen LogP contribution in [0.25, 0.3) is 0 Å². The molecule has 0 spiro atoms. The zero-order valence-electron chi connectivity index (χ0n) is 11.9. The van der Waals surface area contributed by atoms with E-state index in [0.29, 0.717) is 5.56 Å². The van der Waals surface area contributed by atoms with Crippen LogP contribution in [0.15, 0.2) is 18.2 Å². The highest BCUT2D eigenvalue weighted by Gasteiger charge is 2.13. The normalized spacial score (nSPS) is 11.1. The average molecular weight is 332 g/mol. The van der Waals surface area contributed by atoms with Crippen LogP contribution < -0.4 is 4.72 Å². The fourth-order valence-corrected chi connectivity index (χ4v) is 2.58. The molecule has 0 aliphatic heterocycles. The van der Waals surface area contributed by atoms with Gasteiger partial charge in [-0.25, -0.2) is 8.42 Å². The SMILES string of the molecule is CC(C)OCCS(=O)(=O)Nc1cc(C#CCO)ccc1Cl. The summed E-state index contributed by atoms with van der Waals surface area (Å²) in [5.74, 6) is 5.02. The van der Waals surface area contributed by atoms with Gasteiger partial charge in [-0.1, -0.05) is 23.4 Å². The second-order valence-corrected chi connectivity index (χ2v) is 6.74. The standard InChI is InChI=1S/C14H18ClNO4S/c1-11(2)20-8-9-21(18,19)16-14-10-12(4-3-7-17)5-6-13(14)15/h5-6,10-11,16-17H,7-9H2,1-2H3. The summed E-state index contributed by atoms with van der Waals surface area (Å²) in [4.78, 5) is 0. The van der Waals surface area contributed by atoms with E-state index in [-0.39, 0.29) is 35.8 Å². The van der Waals surface area contributed by atoms with Gasteiger partial charge in [0.15, 0.2) is 0 Å². The number of sulfonamides is 1. The monoisotopic (exact) mass is 331 g/mol. The number of hydrogen-bond donors (Lipinski definition) is 2. The van der Waals surface area contributed by atoms with Crippen molar-refractivity contribution in [2.45, 2.75) is 20.0 Å². The molecule has 0 amide bonds. The summed E-state index contributed by atoms with van der Waals surface area (Å²) in [6.45, 7) is 3.51. The first-order valence-corrected chi connectivity index (χ1v) is 8.38. The molecule has 0 aromatic heterocycles. The summed E-state index contributed by atoms with van der Waals surface area (Å²) in [5.41, 5.74) is 0.815. The van der Waals surface area contributed by atoms with E-state index in [0.717, 1.165) is 0 Å². The first kappa shape index (κ1) is 17.8. The van der Waals surface area contributed by atoms with Gasteiger partial charge in [-0.05, 0) is 32.0 Å². The van der Waals surface area contributed by atoms with E-state index < -0.39 is 10.0 Å². The van der Waals surface area contributed by atoms with Crippen LogP contribution in [0, 0.1) is 11.8 Å². The molecule has 2 N–H and O–H groups in total. The molecule has 0 bridgehead atoms. The topological polar surface area (TPSA) is 75.6 Å². The predicted molar refractivity (Wildman–Crippen MR) is 83.9 cm³/mol. The predicted octanol–water partition coefficient (Wildman–Crippen LogP) is 1.85. The maximum absolute atomic E-state index is 11.9. The summed E-state index contributed by atoms with van der Waals surface area (Å²) in [5, 5.41) is 8.93. The Bertz CT molecular complexity index is 632. The average Bonchev–Trinajstić information content (AvgIpc) is 2.38. The molecule has 1 aromatic rings. The molecule has 0 aliphatic carbocycles. The quantitative estimate of drug-likeness (QED) is 0.780. The number of aliphatic hydroxyl groups excluding tert-OH is 1. The van der Waals surface area contributed by atoms with Gasteiger partial charge in [-0.3, -0.25) is 4.72 Å². The lowest BCUT2D eigenvalue weighted by atomic mass is 10.2. The molecule has 7 heteroatoms. The highest BCUT2D eigenvalue weighted by molar-refractivity contribution is 7.92. The van der Waals surface area contributed by atoms with Crippen molar-refractivity contribution in [2.75, 3.05) is 23.7 Å². The van der Waals surface area contributed by atoms with Crippen molar-refractivity contribution < 1.29 is 18.3 Å². The molecular weight excluding hydrogens is 314 g/mol. The maximum atomic E-state index is 11.9.